The van der Waals surface area contributed by atoms with Crippen molar-refractivity contribution in [3.05, 3.63) is 33.9 Å². The molecular formula is C12H18N2O4. The number of aryl methyl sites for hydroxylation is 1. The van der Waals surface area contributed by atoms with Crippen LogP contribution in [0.2, 0.25) is 0 Å². The van der Waals surface area contributed by atoms with Crippen LogP contribution in [0.1, 0.15) is 12.0 Å². The second-order valence-corrected chi connectivity index (χ2v) is 4.06. The highest BCUT2D eigenvalue weighted by molar-refractivity contribution is 5.55. The molecule has 6 nitrogen and oxygen atoms in total. The molecule has 1 rings (SSSR count). The molecule has 0 aliphatic heterocycles. The molecule has 0 bridgehead atoms. The maximum Gasteiger partial charge on any atom is 0.269 e. The van der Waals surface area contributed by atoms with Crippen molar-refractivity contribution in [3.63, 3.8) is 0 Å². The molecule has 0 aromatic heterocycles. The fraction of sp³-hybridized carbons (Fsp3) is 0.500. The summed E-state index contributed by atoms with van der Waals surface area (Å²) in [5.74, 6) is 0. The minimum Gasteiger partial charge on any atom is -0.394 e. The van der Waals surface area contributed by atoms with Crippen LogP contribution in [-0.4, -0.2) is 36.4 Å². The predicted octanol–water partition coefficient (Wildman–Crippen LogP) is 1.71. The summed E-state index contributed by atoms with van der Waals surface area (Å²) in [5, 5.41) is 23.0. The van der Waals surface area contributed by atoms with E-state index in [9.17, 15) is 15.2 Å². The van der Waals surface area contributed by atoms with E-state index in [1.165, 1.54) is 12.1 Å². The third-order valence-electron chi connectivity index (χ3n) is 2.67. The van der Waals surface area contributed by atoms with Gasteiger partial charge in [0.05, 0.1) is 17.6 Å². The molecule has 0 saturated carbocycles. The highest BCUT2D eigenvalue weighted by Crippen LogP contribution is 2.22. The second-order valence-electron chi connectivity index (χ2n) is 4.06. The molecule has 0 aliphatic carbocycles. The first-order valence-corrected chi connectivity index (χ1v) is 5.70. The van der Waals surface area contributed by atoms with Gasteiger partial charge in [0, 0.05) is 31.5 Å². The summed E-state index contributed by atoms with van der Waals surface area (Å²) in [4.78, 5) is 10.2. The van der Waals surface area contributed by atoms with Crippen LogP contribution in [0.15, 0.2) is 18.2 Å². The maximum absolute atomic E-state index is 10.6. The molecule has 6 heteroatoms. The van der Waals surface area contributed by atoms with Crippen molar-refractivity contribution < 1.29 is 14.8 Å². The molecule has 0 radical (unpaired) electrons. The SMILES string of the molecule is COCCC(CO)Nc1ccc([N+](=O)[O-])cc1C. The first-order valence-electron chi connectivity index (χ1n) is 5.70. The number of nitro groups is 1. The number of aliphatic hydroxyl groups is 1. The number of aliphatic hydroxyl groups excluding tert-OH is 1. The van der Waals surface area contributed by atoms with Crippen molar-refractivity contribution in [1.29, 1.82) is 0 Å². The number of ether oxygens (including phenoxy) is 1. The van der Waals surface area contributed by atoms with E-state index in [1.807, 2.05) is 0 Å². The van der Waals surface area contributed by atoms with Crippen LogP contribution in [0.3, 0.4) is 0 Å². The standard InChI is InChI=1S/C12H18N2O4/c1-9-7-11(14(16)17)3-4-12(9)13-10(8-15)5-6-18-2/h3-4,7,10,13,15H,5-6,8H2,1-2H3. The highest BCUT2D eigenvalue weighted by Gasteiger charge is 2.11. The summed E-state index contributed by atoms with van der Waals surface area (Å²) in [6.07, 6.45) is 0.670. The summed E-state index contributed by atoms with van der Waals surface area (Å²) < 4.78 is 4.95. The first-order chi connectivity index (χ1) is 8.58. The van der Waals surface area contributed by atoms with E-state index >= 15 is 0 Å². The van der Waals surface area contributed by atoms with Crippen LogP contribution in [0.5, 0.6) is 0 Å². The molecule has 1 aromatic rings. The van der Waals surface area contributed by atoms with Crippen molar-refractivity contribution >= 4 is 11.4 Å². The molecule has 1 atom stereocenters. The molecule has 1 aromatic carbocycles. The third kappa shape index (κ3) is 3.97. The zero-order valence-corrected chi connectivity index (χ0v) is 10.5. The Balaban J connectivity index is 2.74. The normalized spacial score (nSPS) is 12.2. The van der Waals surface area contributed by atoms with E-state index in [0.29, 0.717) is 13.0 Å². The molecule has 100 valence electrons. The molecule has 2 N–H and O–H groups in total. The topological polar surface area (TPSA) is 84.6 Å². The van der Waals surface area contributed by atoms with Gasteiger partial charge < -0.3 is 15.2 Å². The largest absolute Gasteiger partial charge is 0.394 e. The maximum atomic E-state index is 10.6. The Bertz CT molecular complexity index is 409. The number of nitrogens with one attached hydrogen (secondary N) is 1. The molecule has 0 spiro atoms. The average molecular weight is 254 g/mol. The van der Waals surface area contributed by atoms with Gasteiger partial charge >= 0.3 is 0 Å². The van der Waals surface area contributed by atoms with Gasteiger partial charge in [-0.05, 0) is 25.0 Å². The van der Waals surface area contributed by atoms with Crippen molar-refractivity contribution in [2.75, 3.05) is 25.6 Å². The van der Waals surface area contributed by atoms with Gasteiger partial charge in [0.15, 0.2) is 0 Å². The number of non-ortho nitro benzene ring substituents is 1. The molecule has 18 heavy (non-hydrogen) atoms. The van der Waals surface area contributed by atoms with Crippen molar-refractivity contribution in [1.82, 2.24) is 0 Å². The Morgan fingerprint density at radius 1 is 1.56 bits per heavy atom. The summed E-state index contributed by atoms with van der Waals surface area (Å²) >= 11 is 0. The lowest BCUT2D eigenvalue weighted by Gasteiger charge is -2.18. The molecule has 0 fully saturated rings. The second kappa shape index (κ2) is 6.93. The van der Waals surface area contributed by atoms with Gasteiger partial charge in [-0.15, -0.1) is 0 Å². The van der Waals surface area contributed by atoms with Gasteiger partial charge in [-0.25, -0.2) is 0 Å². The number of benzene rings is 1. The number of nitro benzene ring substituents is 1. The summed E-state index contributed by atoms with van der Waals surface area (Å²) in [7, 11) is 1.60. The van der Waals surface area contributed by atoms with E-state index in [-0.39, 0.29) is 18.3 Å². The zero-order chi connectivity index (χ0) is 13.5. The molecule has 0 heterocycles. The van der Waals surface area contributed by atoms with Gasteiger partial charge in [0.2, 0.25) is 0 Å². The fourth-order valence-electron chi connectivity index (χ4n) is 1.61. The smallest absolute Gasteiger partial charge is 0.269 e. The van der Waals surface area contributed by atoms with Gasteiger partial charge in [-0.1, -0.05) is 0 Å². The van der Waals surface area contributed by atoms with Crippen LogP contribution >= 0.6 is 0 Å². The van der Waals surface area contributed by atoms with Crippen LogP contribution in [0.4, 0.5) is 11.4 Å². The highest BCUT2D eigenvalue weighted by atomic mass is 16.6. The number of methoxy groups -OCH3 is 1. The average Bonchev–Trinajstić information content (AvgIpc) is 2.35. The summed E-state index contributed by atoms with van der Waals surface area (Å²) in [5.41, 5.74) is 1.63. The predicted molar refractivity (Wildman–Crippen MR) is 68.8 cm³/mol. The zero-order valence-electron chi connectivity index (χ0n) is 10.5. The van der Waals surface area contributed by atoms with E-state index in [1.54, 1.807) is 20.1 Å². The minimum absolute atomic E-state index is 0.0141. The Morgan fingerprint density at radius 3 is 2.78 bits per heavy atom. The quantitative estimate of drug-likeness (QED) is 0.571. The van der Waals surface area contributed by atoms with Crippen LogP contribution < -0.4 is 5.32 Å². The van der Waals surface area contributed by atoms with E-state index in [0.717, 1.165) is 11.3 Å². The molecule has 0 amide bonds. The van der Waals surface area contributed by atoms with Gasteiger partial charge in [-0.3, -0.25) is 10.1 Å². The molecule has 1 unspecified atom stereocenters. The summed E-state index contributed by atoms with van der Waals surface area (Å²) in [6, 6.07) is 4.49. The van der Waals surface area contributed by atoms with Crippen molar-refractivity contribution in [3.8, 4) is 0 Å². The first kappa shape index (κ1) is 14.4. The monoisotopic (exact) mass is 254 g/mol. The Kier molecular flexibility index (Phi) is 5.54. The molecule has 0 saturated heterocycles. The van der Waals surface area contributed by atoms with Crippen LogP contribution in [0.25, 0.3) is 0 Å². The number of hydrogen-bond acceptors (Lipinski definition) is 5. The lowest BCUT2D eigenvalue weighted by Crippen LogP contribution is -2.25. The Hall–Kier alpha value is -1.66. The van der Waals surface area contributed by atoms with Gasteiger partial charge in [0.25, 0.3) is 5.69 Å². The van der Waals surface area contributed by atoms with E-state index < -0.39 is 4.92 Å². The summed E-state index contributed by atoms with van der Waals surface area (Å²) in [6.45, 7) is 2.32. The number of rotatable bonds is 7. The van der Waals surface area contributed by atoms with E-state index in [4.69, 9.17) is 4.74 Å². The minimum atomic E-state index is -0.425. The number of anilines is 1. The van der Waals surface area contributed by atoms with Gasteiger partial charge in [0.1, 0.15) is 0 Å². The Morgan fingerprint density at radius 2 is 2.28 bits per heavy atom. The number of hydrogen-bond donors (Lipinski definition) is 2. The van der Waals surface area contributed by atoms with Crippen molar-refractivity contribution in [2.45, 2.75) is 19.4 Å². The Labute approximate surface area is 106 Å². The lowest BCUT2D eigenvalue weighted by molar-refractivity contribution is -0.384. The van der Waals surface area contributed by atoms with E-state index in [2.05, 4.69) is 5.32 Å². The fourth-order valence-corrected chi connectivity index (χ4v) is 1.61. The molecular weight excluding hydrogens is 236 g/mol. The van der Waals surface area contributed by atoms with Crippen LogP contribution in [0, 0.1) is 17.0 Å². The van der Waals surface area contributed by atoms with Crippen LogP contribution in [-0.2, 0) is 4.74 Å². The van der Waals surface area contributed by atoms with Crippen molar-refractivity contribution in [2.24, 2.45) is 0 Å². The molecule has 0 aliphatic rings. The lowest BCUT2D eigenvalue weighted by atomic mass is 10.1. The number of nitrogens with zero attached hydrogens (tertiary/aromatic N) is 1. The van der Waals surface area contributed by atoms with Gasteiger partial charge in [-0.2, -0.15) is 0 Å². The third-order valence-corrected chi connectivity index (χ3v) is 2.67.